The lowest BCUT2D eigenvalue weighted by molar-refractivity contribution is -0.123. The summed E-state index contributed by atoms with van der Waals surface area (Å²) in [6.45, 7) is 7.57. The van der Waals surface area contributed by atoms with Gasteiger partial charge in [0, 0.05) is 15.9 Å². The normalized spacial score (nSPS) is 14.5. The Morgan fingerprint density at radius 2 is 1.77 bits per heavy atom. The average molecular weight is 372 g/mol. The molecule has 1 heterocycles. The molecule has 0 unspecified atom stereocenters. The predicted octanol–water partition coefficient (Wildman–Crippen LogP) is 4.74. The summed E-state index contributed by atoms with van der Waals surface area (Å²) in [4.78, 5) is 26.3. The highest BCUT2D eigenvalue weighted by molar-refractivity contribution is 7.10. The highest BCUT2D eigenvalue weighted by atomic mass is 32.1. The van der Waals surface area contributed by atoms with E-state index in [1.165, 1.54) is 11.3 Å². The van der Waals surface area contributed by atoms with Gasteiger partial charge in [-0.3, -0.25) is 4.79 Å². The van der Waals surface area contributed by atoms with Crippen molar-refractivity contribution in [2.45, 2.75) is 59.5 Å². The number of rotatable bonds is 4. The first-order valence-electron chi connectivity index (χ1n) is 9.05. The van der Waals surface area contributed by atoms with Gasteiger partial charge in [-0.25, -0.2) is 4.79 Å². The van der Waals surface area contributed by atoms with Gasteiger partial charge in [-0.05, 0) is 70.1 Å². The van der Waals surface area contributed by atoms with E-state index < -0.39 is 12.1 Å². The van der Waals surface area contributed by atoms with Gasteiger partial charge >= 0.3 is 5.97 Å². The van der Waals surface area contributed by atoms with Crippen LogP contribution in [0.4, 0.5) is 5.69 Å². The van der Waals surface area contributed by atoms with Crippen LogP contribution < -0.4 is 5.32 Å². The number of hydrogen-bond acceptors (Lipinski definition) is 4. The van der Waals surface area contributed by atoms with Crippen LogP contribution in [0.25, 0.3) is 0 Å². The van der Waals surface area contributed by atoms with E-state index in [9.17, 15) is 9.59 Å². The fourth-order valence-electron chi connectivity index (χ4n) is 3.54. The highest BCUT2D eigenvalue weighted by Crippen LogP contribution is 2.31. The lowest BCUT2D eigenvalue weighted by Crippen LogP contribution is -2.30. The molecule has 1 aromatic heterocycles. The van der Waals surface area contributed by atoms with Gasteiger partial charge in [0.15, 0.2) is 6.10 Å². The molecule has 1 aliphatic rings. The number of esters is 1. The zero-order valence-electron chi connectivity index (χ0n) is 15.8. The number of hydrogen-bond donors (Lipinski definition) is 1. The Morgan fingerprint density at radius 3 is 2.46 bits per heavy atom. The topological polar surface area (TPSA) is 55.4 Å². The maximum absolute atomic E-state index is 12.5. The van der Waals surface area contributed by atoms with Gasteiger partial charge in [0.25, 0.3) is 5.91 Å². The van der Waals surface area contributed by atoms with Gasteiger partial charge in [0.1, 0.15) is 0 Å². The quantitative estimate of drug-likeness (QED) is 0.790. The lowest BCUT2D eigenvalue weighted by Gasteiger charge is -2.17. The van der Waals surface area contributed by atoms with Crippen LogP contribution in [0.3, 0.4) is 0 Å². The SMILES string of the molecule is Cc1cc(C)c(NC(=O)[C@@H](C)OC(=O)c2csc3c2CCCC3)c(C)c1. The zero-order valence-corrected chi connectivity index (χ0v) is 16.6. The Balaban J connectivity index is 1.68. The standard InChI is InChI=1S/C21H25NO3S/c1-12-9-13(2)19(14(3)10-12)22-20(23)15(4)25-21(24)17-11-26-18-8-6-5-7-16(17)18/h9-11,15H,5-8H2,1-4H3,(H,22,23)/t15-/m1/s1. The summed E-state index contributed by atoms with van der Waals surface area (Å²) >= 11 is 1.62. The monoisotopic (exact) mass is 371 g/mol. The van der Waals surface area contributed by atoms with Crippen LogP contribution in [0.5, 0.6) is 0 Å². The van der Waals surface area contributed by atoms with Crippen molar-refractivity contribution in [3.05, 3.63) is 50.2 Å². The van der Waals surface area contributed by atoms with Crippen LogP contribution in [0, 0.1) is 20.8 Å². The Hall–Kier alpha value is -2.14. The van der Waals surface area contributed by atoms with Crippen LogP contribution in [-0.4, -0.2) is 18.0 Å². The first-order valence-corrected chi connectivity index (χ1v) is 9.93. The van der Waals surface area contributed by atoms with Crippen LogP contribution in [0.2, 0.25) is 0 Å². The summed E-state index contributed by atoms with van der Waals surface area (Å²) in [7, 11) is 0. The molecule has 0 saturated heterocycles. The van der Waals surface area contributed by atoms with Crippen molar-refractivity contribution < 1.29 is 14.3 Å². The summed E-state index contributed by atoms with van der Waals surface area (Å²) in [5.74, 6) is -0.707. The molecule has 1 aromatic carbocycles. The summed E-state index contributed by atoms with van der Waals surface area (Å²) in [6.07, 6.45) is 3.39. The maximum Gasteiger partial charge on any atom is 0.340 e. The molecular formula is C21H25NO3S. The minimum Gasteiger partial charge on any atom is -0.449 e. The molecule has 1 amide bonds. The van der Waals surface area contributed by atoms with E-state index in [-0.39, 0.29) is 5.91 Å². The third-order valence-corrected chi connectivity index (χ3v) is 5.95. The Kier molecular flexibility index (Phi) is 5.47. The van der Waals surface area contributed by atoms with Gasteiger partial charge < -0.3 is 10.1 Å². The summed E-state index contributed by atoms with van der Waals surface area (Å²) < 4.78 is 5.45. The second-order valence-electron chi connectivity index (χ2n) is 7.07. The molecule has 5 heteroatoms. The molecule has 1 atom stereocenters. The molecule has 0 spiro atoms. The van der Waals surface area contributed by atoms with Crippen molar-refractivity contribution in [3.63, 3.8) is 0 Å². The molecule has 1 aliphatic carbocycles. The fraction of sp³-hybridized carbons (Fsp3) is 0.429. The van der Waals surface area contributed by atoms with Crippen molar-refractivity contribution in [3.8, 4) is 0 Å². The van der Waals surface area contributed by atoms with E-state index in [0.29, 0.717) is 5.56 Å². The molecule has 0 radical (unpaired) electrons. The van der Waals surface area contributed by atoms with Gasteiger partial charge in [-0.1, -0.05) is 17.7 Å². The first kappa shape index (κ1) is 18.6. The molecule has 0 saturated carbocycles. The van der Waals surface area contributed by atoms with E-state index in [1.54, 1.807) is 18.3 Å². The molecular weight excluding hydrogens is 346 g/mol. The lowest BCUT2D eigenvalue weighted by atomic mass is 9.96. The molecule has 0 bridgehead atoms. The Labute approximate surface area is 158 Å². The Morgan fingerprint density at radius 1 is 1.12 bits per heavy atom. The minimum absolute atomic E-state index is 0.308. The maximum atomic E-state index is 12.5. The second-order valence-corrected chi connectivity index (χ2v) is 8.03. The molecule has 0 aliphatic heterocycles. The highest BCUT2D eigenvalue weighted by Gasteiger charge is 2.25. The van der Waals surface area contributed by atoms with Crippen molar-refractivity contribution in [2.75, 3.05) is 5.32 Å². The minimum atomic E-state index is -0.846. The molecule has 3 rings (SSSR count). The van der Waals surface area contributed by atoms with Crippen LogP contribution in [-0.2, 0) is 22.4 Å². The molecule has 0 fully saturated rings. The third-order valence-electron chi connectivity index (χ3n) is 4.86. The third kappa shape index (κ3) is 3.83. The molecule has 138 valence electrons. The van der Waals surface area contributed by atoms with Crippen molar-refractivity contribution in [2.24, 2.45) is 0 Å². The average Bonchev–Trinajstić information content (AvgIpc) is 3.02. The molecule has 26 heavy (non-hydrogen) atoms. The number of fused-ring (bicyclic) bond motifs is 1. The number of nitrogens with one attached hydrogen (secondary N) is 1. The molecule has 4 nitrogen and oxygen atoms in total. The van der Waals surface area contributed by atoms with Gasteiger partial charge in [0.05, 0.1) is 5.56 Å². The smallest absolute Gasteiger partial charge is 0.340 e. The first-order chi connectivity index (χ1) is 12.4. The number of aryl methyl sites for hydroxylation is 4. The van der Waals surface area contributed by atoms with Crippen molar-refractivity contribution in [1.29, 1.82) is 0 Å². The number of ether oxygens (including phenoxy) is 1. The molecule has 2 aromatic rings. The van der Waals surface area contributed by atoms with E-state index in [0.717, 1.165) is 47.2 Å². The van der Waals surface area contributed by atoms with Gasteiger partial charge in [-0.2, -0.15) is 0 Å². The zero-order chi connectivity index (χ0) is 18.8. The van der Waals surface area contributed by atoms with E-state index >= 15 is 0 Å². The van der Waals surface area contributed by atoms with Crippen LogP contribution in [0.1, 0.15) is 57.3 Å². The largest absolute Gasteiger partial charge is 0.449 e. The number of anilines is 1. The number of carbonyl (C=O) groups is 2. The summed E-state index contributed by atoms with van der Waals surface area (Å²) in [5, 5.41) is 4.78. The van der Waals surface area contributed by atoms with Gasteiger partial charge in [-0.15, -0.1) is 11.3 Å². The fourth-order valence-corrected chi connectivity index (χ4v) is 4.66. The number of benzene rings is 1. The van der Waals surface area contributed by atoms with Crippen molar-refractivity contribution in [1.82, 2.24) is 0 Å². The van der Waals surface area contributed by atoms with Gasteiger partial charge in [0.2, 0.25) is 0 Å². The van der Waals surface area contributed by atoms with E-state index in [2.05, 4.69) is 5.32 Å². The Bertz CT molecular complexity index is 830. The summed E-state index contributed by atoms with van der Waals surface area (Å²) in [5.41, 5.74) is 5.69. The summed E-state index contributed by atoms with van der Waals surface area (Å²) in [6, 6.07) is 4.05. The second kappa shape index (κ2) is 7.62. The number of amides is 1. The predicted molar refractivity (Wildman–Crippen MR) is 105 cm³/mol. The van der Waals surface area contributed by atoms with E-state index in [4.69, 9.17) is 4.74 Å². The number of thiophene rings is 1. The van der Waals surface area contributed by atoms with Crippen LogP contribution >= 0.6 is 11.3 Å². The van der Waals surface area contributed by atoms with E-state index in [1.807, 2.05) is 38.3 Å². The molecule has 1 N–H and O–H groups in total. The number of carbonyl (C=O) groups excluding carboxylic acids is 2. The van der Waals surface area contributed by atoms with Crippen molar-refractivity contribution >= 4 is 28.9 Å². The van der Waals surface area contributed by atoms with Crippen LogP contribution in [0.15, 0.2) is 17.5 Å².